The molecule has 3 aromatic carbocycles. The van der Waals surface area contributed by atoms with E-state index in [0.717, 1.165) is 49.4 Å². The molecule has 0 aliphatic carbocycles. The molecule has 1 fully saturated rings. The summed E-state index contributed by atoms with van der Waals surface area (Å²) in [5, 5.41) is 3.32. The number of rotatable bonds is 8. The molecule has 1 aliphatic heterocycles. The Morgan fingerprint density at radius 2 is 1.35 bits per heavy atom. The maximum atomic E-state index is 13.1. The van der Waals surface area contributed by atoms with Crippen molar-refractivity contribution in [2.24, 2.45) is 5.92 Å². The van der Waals surface area contributed by atoms with Crippen LogP contribution in [0.1, 0.15) is 30.0 Å². The standard InChI is InChI=1S/C27H30N2O2/c30-27(28-26(22-10-4-1-5-11-22)23-12-6-2-7-13-23)24-16-18-29(19-17-24)20-21-31-25-14-8-3-9-15-25/h1-15,24,26H,16-21H2,(H,28,30). The van der Waals surface area contributed by atoms with Gasteiger partial charge in [-0.15, -0.1) is 0 Å². The lowest BCUT2D eigenvalue weighted by atomic mass is 9.93. The highest BCUT2D eigenvalue weighted by molar-refractivity contribution is 5.79. The summed E-state index contributed by atoms with van der Waals surface area (Å²) in [4.78, 5) is 15.5. The van der Waals surface area contributed by atoms with Crippen LogP contribution < -0.4 is 10.1 Å². The van der Waals surface area contributed by atoms with E-state index in [4.69, 9.17) is 4.74 Å². The summed E-state index contributed by atoms with van der Waals surface area (Å²) >= 11 is 0. The second-order valence-electron chi connectivity index (χ2n) is 8.04. The summed E-state index contributed by atoms with van der Waals surface area (Å²) < 4.78 is 5.81. The van der Waals surface area contributed by atoms with E-state index < -0.39 is 0 Å². The van der Waals surface area contributed by atoms with Gasteiger partial charge in [0, 0.05) is 12.5 Å². The van der Waals surface area contributed by atoms with Gasteiger partial charge in [-0.05, 0) is 49.2 Å². The molecule has 1 heterocycles. The molecule has 4 heteroatoms. The summed E-state index contributed by atoms with van der Waals surface area (Å²) in [6.07, 6.45) is 1.76. The van der Waals surface area contributed by atoms with Gasteiger partial charge in [-0.25, -0.2) is 0 Å². The van der Waals surface area contributed by atoms with Crippen molar-refractivity contribution in [3.05, 3.63) is 102 Å². The average molecular weight is 415 g/mol. The van der Waals surface area contributed by atoms with E-state index in [9.17, 15) is 4.79 Å². The minimum Gasteiger partial charge on any atom is -0.492 e. The Bertz CT molecular complexity index is 884. The molecule has 3 aromatic rings. The van der Waals surface area contributed by atoms with Crippen molar-refractivity contribution in [1.29, 1.82) is 0 Å². The molecule has 31 heavy (non-hydrogen) atoms. The number of nitrogens with one attached hydrogen (secondary N) is 1. The first-order valence-electron chi connectivity index (χ1n) is 11.1. The highest BCUT2D eigenvalue weighted by Crippen LogP contribution is 2.24. The molecular formula is C27H30N2O2. The second kappa shape index (κ2) is 10.8. The third kappa shape index (κ3) is 5.96. The fourth-order valence-electron chi connectivity index (χ4n) is 4.14. The molecule has 1 N–H and O–H groups in total. The number of para-hydroxylation sites is 1. The highest BCUT2D eigenvalue weighted by atomic mass is 16.5. The molecule has 0 spiro atoms. The lowest BCUT2D eigenvalue weighted by molar-refractivity contribution is -0.127. The van der Waals surface area contributed by atoms with Crippen molar-refractivity contribution in [2.45, 2.75) is 18.9 Å². The fourth-order valence-corrected chi connectivity index (χ4v) is 4.14. The first kappa shape index (κ1) is 21.1. The maximum absolute atomic E-state index is 13.1. The summed E-state index contributed by atoms with van der Waals surface area (Å²) in [6.45, 7) is 3.42. The van der Waals surface area contributed by atoms with E-state index in [1.807, 2.05) is 66.7 Å². The van der Waals surface area contributed by atoms with Gasteiger partial charge in [-0.2, -0.15) is 0 Å². The predicted octanol–water partition coefficient (Wildman–Crippen LogP) is 4.68. The molecular weight excluding hydrogens is 384 g/mol. The van der Waals surface area contributed by atoms with Crippen molar-refractivity contribution >= 4 is 5.91 Å². The van der Waals surface area contributed by atoms with Crippen LogP contribution in [0.3, 0.4) is 0 Å². The van der Waals surface area contributed by atoms with Gasteiger partial charge in [0.15, 0.2) is 0 Å². The second-order valence-corrected chi connectivity index (χ2v) is 8.04. The Morgan fingerprint density at radius 3 is 1.90 bits per heavy atom. The zero-order valence-corrected chi connectivity index (χ0v) is 17.8. The van der Waals surface area contributed by atoms with Gasteiger partial charge in [0.05, 0.1) is 6.04 Å². The lowest BCUT2D eigenvalue weighted by Gasteiger charge is -2.32. The van der Waals surface area contributed by atoms with Crippen LogP contribution >= 0.6 is 0 Å². The minimum atomic E-state index is -0.118. The number of piperidine rings is 1. The van der Waals surface area contributed by atoms with Crippen LogP contribution in [0.5, 0.6) is 5.75 Å². The number of hydrogen-bond acceptors (Lipinski definition) is 3. The number of likely N-dealkylation sites (tertiary alicyclic amines) is 1. The van der Waals surface area contributed by atoms with E-state index in [0.29, 0.717) is 6.61 Å². The minimum absolute atomic E-state index is 0.0567. The highest BCUT2D eigenvalue weighted by Gasteiger charge is 2.27. The largest absolute Gasteiger partial charge is 0.492 e. The molecule has 0 unspecified atom stereocenters. The molecule has 4 rings (SSSR count). The van der Waals surface area contributed by atoms with E-state index in [1.165, 1.54) is 0 Å². The summed E-state index contributed by atoms with van der Waals surface area (Å²) in [6, 6.07) is 30.2. The maximum Gasteiger partial charge on any atom is 0.223 e. The Labute approximate surface area is 184 Å². The van der Waals surface area contributed by atoms with Gasteiger partial charge < -0.3 is 10.1 Å². The van der Waals surface area contributed by atoms with Crippen LogP contribution in [-0.4, -0.2) is 37.0 Å². The van der Waals surface area contributed by atoms with Gasteiger partial charge >= 0.3 is 0 Å². The van der Waals surface area contributed by atoms with Crippen LogP contribution in [0.15, 0.2) is 91.0 Å². The van der Waals surface area contributed by atoms with E-state index in [2.05, 4.69) is 34.5 Å². The van der Waals surface area contributed by atoms with Crippen LogP contribution in [0, 0.1) is 5.92 Å². The van der Waals surface area contributed by atoms with Crippen molar-refractivity contribution in [1.82, 2.24) is 10.2 Å². The molecule has 0 saturated carbocycles. The zero-order chi connectivity index (χ0) is 21.3. The first-order chi connectivity index (χ1) is 15.3. The molecule has 160 valence electrons. The Hall–Kier alpha value is -3.11. The number of carbonyl (C=O) groups excluding carboxylic acids is 1. The molecule has 0 atom stereocenters. The van der Waals surface area contributed by atoms with Crippen molar-refractivity contribution in [2.75, 3.05) is 26.2 Å². The normalized spacial score (nSPS) is 15.0. The number of benzene rings is 3. The van der Waals surface area contributed by atoms with Crippen molar-refractivity contribution in [3.63, 3.8) is 0 Å². The third-order valence-electron chi connectivity index (χ3n) is 5.93. The monoisotopic (exact) mass is 414 g/mol. The SMILES string of the molecule is O=C(NC(c1ccccc1)c1ccccc1)C1CCN(CCOc2ccccc2)CC1. The predicted molar refractivity (Wildman–Crippen MR) is 124 cm³/mol. The van der Waals surface area contributed by atoms with Crippen molar-refractivity contribution < 1.29 is 9.53 Å². The molecule has 1 aliphatic rings. The number of amides is 1. The topological polar surface area (TPSA) is 41.6 Å². The Morgan fingerprint density at radius 1 is 0.839 bits per heavy atom. The van der Waals surface area contributed by atoms with Gasteiger partial charge in [-0.3, -0.25) is 9.69 Å². The van der Waals surface area contributed by atoms with Crippen LogP contribution in [0.25, 0.3) is 0 Å². The van der Waals surface area contributed by atoms with Crippen LogP contribution in [0.4, 0.5) is 0 Å². The van der Waals surface area contributed by atoms with Crippen LogP contribution in [0.2, 0.25) is 0 Å². The number of nitrogens with zero attached hydrogens (tertiary/aromatic N) is 1. The van der Waals surface area contributed by atoms with E-state index >= 15 is 0 Å². The third-order valence-corrected chi connectivity index (χ3v) is 5.93. The Balaban J connectivity index is 1.29. The molecule has 1 saturated heterocycles. The molecule has 4 nitrogen and oxygen atoms in total. The summed E-state index contributed by atoms with van der Waals surface area (Å²) in [5.74, 6) is 1.11. The zero-order valence-electron chi connectivity index (χ0n) is 17.8. The quantitative estimate of drug-likeness (QED) is 0.582. The fraction of sp³-hybridized carbons (Fsp3) is 0.296. The average Bonchev–Trinajstić information content (AvgIpc) is 2.84. The number of ether oxygens (including phenoxy) is 1. The summed E-state index contributed by atoms with van der Waals surface area (Å²) in [7, 11) is 0. The smallest absolute Gasteiger partial charge is 0.223 e. The van der Waals surface area contributed by atoms with Crippen molar-refractivity contribution in [3.8, 4) is 5.75 Å². The van der Waals surface area contributed by atoms with Gasteiger partial charge in [-0.1, -0.05) is 78.9 Å². The van der Waals surface area contributed by atoms with Gasteiger partial charge in [0.2, 0.25) is 5.91 Å². The van der Waals surface area contributed by atoms with E-state index in [-0.39, 0.29) is 17.9 Å². The summed E-state index contributed by atoms with van der Waals surface area (Å²) in [5.41, 5.74) is 2.22. The molecule has 0 radical (unpaired) electrons. The first-order valence-corrected chi connectivity index (χ1v) is 11.1. The molecule has 0 bridgehead atoms. The number of carbonyl (C=O) groups is 1. The molecule has 0 aromatic heterocycles. The number of hydrogen-bond donors (Lipinski definition) is 1. The molecule has 1 amide bonds. The Kier molecular flexibility index (Phi) is 7.35. The van der Waals surface area contributed by atoms with Crippen LogP contribution in [-0.2, 0) is 4.79 Å². The lowest BCUT2D eigenvalue weighted by Crippen LogP contribution is -2.42. The van der Waals surface area contributed by atoms with E-state index in [1.54, 1.807) is 0 Å². The van der Waals surface area contributed by atoms with Gasteiger partial charge in [0.25, 0.3) is 0 Å². The van der Waals surface area contributed by atoms with Gasteiger partial charge in [0.1, 0.15) is 12.4 Å².